The Kier molecular flexibility index (Phi) is 3.40. The van der Waals surface area contributed by atoms with Crippen molar-refractivity contribution in [3.8, 4) is 0 Å². The second kappa shape index (κ2) is 4.45. The van der Waals surface area contributed by atoms with Gasteiger partial charge in [0.15, 0.2) is 0 Å². The first kappa shape index (κ1) is 13.7. The third-order valence-electron chi connectivity index (χ3n) is 3.04. The Labute approximate surface area is 108 Å². The number of hydrogen-bond acceptors (Lipinski definition) is 1. The van der Waals surface area contributed by atoms with Gasteiger partial charge in [0.1, 0.15) is 17.2 Å². The lowest BCUT2D eigenvalue weighted by Crippen LogP contribution is -2.44. The SMILES string of the molecule is Fc1ccc(Br)c(F)c1CNC1(C(F)(F)F)CC1. The van der Waals surface area contributed by atoms with E-state index < -0.39 is 29.9 Å². The van der Waals surface area contributed by atoms with E-state index >= 15 is 0 Å². The van der Waals surface area contributed by atoms with Crippen LogP contribution in [0.2, 0.25) is 0 Å². The number of rotatable bonds is 3. The number of nitrogens with one attached hydrogen (secondary N) is 1. The maximum atomic E-state index is 13.5. The Morgan fingerprint density at radius 1 is 1.22 bits per heavy atom. The molecule has 0 spiro atoms. The first-order chi connectivity index (χ1) is 8.27. The van der Waals surface area contributed by atoms with Crippen LogP contribution in [0.25, 0.3) is 0 Å². The highest BCUT2D eigenvalue weighted by atomic mass is 79.9. The van der Waals surface area contributed by atoms with E-state index in [-0.39, 0.29) is 22.9 Å². The average Bonchev–Trinajstić information content (AvgIpc) is 3.04. The zero-order valence-corrected chi connectivity index (χ0v) is 10.6. The van der Waals surface area contributed by atoms with Crippen LogP contribution >= 0.6 is 15.9 Å². The Balaban J connectivity index is 2.15. The van der Waals surface area contributed by atoms with E-state index in [9.17, 15) is 22.0 Å². The van der Waals surface area contributed by atoms with Crippen LogP contribution in [-0.4, -0.2) is 11.7 Å². The van der Waals surface area contributed by atoms with Crippen LogP contribution in [0.3, 0.4) is 0 Å². The third kappa shape index (κ3) is 2.38. The zero-order chi connectivity index (χ0) is 13.6. The quantitative estimate of drug-likeness (QED) is 0.655. The maximum Gasteiger partial charge on any atom is 0.406 e. The van der Waals surface area contributed by atoms with Gasteiger partial charge < -0.3 is 0 Å². The second-order valence-corrected chi connectivity index (χ2v) is 5.11. The van der Waals surface area contributed by atoms with E-state index in [1.807, 2.05) is 0 Å². The summed E-state index contributed by atoms with van der Waals surface area (Å²) in [6.07, 6.45) is -4.52. The van der Waals surface area contributed by atoms with Crippen LogP contribution < -0.4 is 5.32 Å². The van der Waals surface area contributed by atoms with E-state index in [1.54, 1.807) is 0 Å². The van der Waals surface area contributed by atoms with Gasteiger partial charge >= 0.3 is 6.18 Å². The molecule has 1 aromatic carbocycles. The second-order valence-electron chi connectivity index (χ2n) is 4.26. The van der Waals surface area contributed by atoms with Gasteiger partial charge in [-0.1, -0.05) is 0 Å². The molecule has 0 radical (unpaired) electrons. The molecule has 1 fully saturated rings. The van der Waals surface area contributed by atoms with Gasteiger partial charge in [-0.05, 0) is 40.9 Å². The summed E-state index contributed by atoms with van der Waals surface area (Å²) < 4.78 is 64.8. The highest BCUT2D eigenvalue weighted by Crippen LogP contribution is 2.49. The molecule has 2 rings (SSSR count). The van der Waals surface area contributed by atoms with Crippen molar-refractivity contribution in [1.29, 1.82) is 0 Å². The summed E-state index contributed by atoms with van der Waals surface area (Å²) in [6.45, 7) is -0.489. The molecule has 0 atom stereocenters. The van der Waals surface area contributed by atoms with E-state index in [1.165, 1.54) is 6.07 Å². The van der Waals surface area contributed by atoms with Gasteiger partial charge in [-0.3, -0.25) is 5.32 Å². The van der Waals surface area contributed by atoms with Crippen molar-refractivity contribution in [1.82, 2.24) is 5.32 Å². The molecule has 1 N–H and O–H groups in total. The molecule has 1 saturated carbocycles. The monoisotopic (exact) mass is 329 g/mol. The van der Waals surface area contributed by atoms with Crippen LogP contribution in [0, 0.1) is 11.6 Å². The molecule has 100 valence electrons. The Morgan fingerprint density at radius 2 is 1.83 bits per heavy atom. The minimum Gasteiger partial charge on any atom is -0.299 e. The van der Waals surface area contributed by atoms with Gasteiger partial charge in [-0.2, -0.15) is 13.2 Å². The molecular weight excluding hydrogens is 321 g/mol. The summed E-state index contributed by atoms with van der Waals surface area (Å²) >= 11 is 2.86. The first-order valence-electron chi connectivity index (χ1n) is 5.21. The molecule has 0 aromatic heterocycles. The molecular formula is C11H9BrF5N. The lowest BCUT2D eigenvalue weighted by Gasteiger charge is -2.21. The van der Waals surface area contributed by atoms with Crippen molar-refractivity contribution in [3.05, 3.63) is 33.8 Å². The minimum absolute atomic E-state index is 0.0255. The summed E-state index contributed by atoms with van der Waals surface area (Å²) in [4.78, 5) is 0. The standard InChI is InChI=1S/C11H9BrF5N/c12-7-1-2-8(13)6(9(7)14)5-18-10(3-4-10)11(15,16)17/h1-2,18H,3-5H2. The van der Waals surface area contributed by atoms with Crippen LogP contribution in [-0.2, 0) is 6.54 Å². The molecule has 1 aliphatic carbocycles. The van der Waals surface area contributed by atoms with Gasteiger partial charge in [-0.25, -0.2) is 8.78 Å². The predicted octanol–water partition coefficient (Wildman–Crippen LogP) is 3.91. The fourth-order valence-electron chi connectivity index (χ4n) is 1.67. The molecule has 0 unspecified atom stereocenters. The predicted molar refractivity (Wildman–Crippen MR) is 58.9 cm³/mol. The molecule has 0 bridgehead atoms. The van der Waals surface area contributed by atoms with Crippen molar-refractivity contribution in [2.75, 3.05) is 0 Å². The molecule has 0 saturated heterocycles. The summed E-state index contributed by atoms with van der Waals surface area (Å²) in [5.41, 5.74) is -2.37. The smallest absolute Gasteiger partial charge is 0.299 e. The Morgan fingerprint density at radius 3 is 2.33 bits per heavy atom. The Hall–Kier alpha value is -0.690. The largest absolute Gasteiger partial charge is 0.406 e. The van der Waals surface area contributed by atoms with Crippen molar-refractivity contribution >= 4 is 15.9 Å². The molecule has 18 heavy (non-hydrogen) atoms. The van der Waals surface area contributed by atoms with Gasteiger partial charge in [-0.15, -0.1) is 0 Å². The first-order valence-corrected chi connectivity index (χ1v) is 6.00. The number of benzene rings is 1. The van der Waals surface area contributed by atoms with Crippen molar-refractivity contribution < 1.29 is 22.0 Å². The molecule has 7 heteroatoms. The summed E-state index contributed by atoms with van der Waals surface area (Å²) in [5, 5.41) is 2.21. The van der Waals surface area contributed by atoms with Crippen LogP contribution in [0.1, 0.15) is 18.4 Å². The highest BCUT2D eigenvalue weighted by molar-refractivity contribution is 9.10. The van der Waals surface area contributed by atoms with Gasteiger partial charge in [0.2, 0.25) is 0 Å². The van der Waals surface area contributed by atoms with Gasteiger partial charge in [0.25, 0.3) is 0 Å². The molecule has 1 aromatic rings. The van der Waals surface area contributed by atoms with Crippen LogP contribution in [0.4, 0.5) is 22.0 Å². The topological polar surface area (TPSA) is 12.0 Å². The van der Waals surface area contributed by atoms with Crippen molar-refractivity contribution in [3.63, 3.8) is 0 Å². The fourth-order valence-corrected chi connectivity index (χ4v) is 2.05. The summed E-state index contributed by atoms with van der Waals surface area (Å²) in [6, 6.07) is 2.18. The lowest BCUT2D eigenvalue weighted by atomic mass is 10.1. The summed E-state index contributed by atoms with van der Waals surface area (Å²) in [5.74, 6) is -1.73. The van der Waals surface area contributed by atoms with E-state index in [0.29, 0.717) is 0 Å². The molecule has 0 amide bonds. The van der Waals surface area contributed by atoms with E-state index in [0.717, 1.165) is 6.07 Å². The highest BCUT2D eigenvalue weighted by Gasteiger charge is 2.63. The van der Waals surface area contributed by atoms with Crippen LogP contribution in [0.5, 0.6) is 0 Å². The number of halogens is 6. The molecule has 0 heterocycles. The number of hydrogen-bond donors (Lipinski definition) is 1. The van der Waals surface area contributed by atoms with Gasteiger partial charge in [0, 0.05) is 12.1 Å². The van der Waals surface area contributed by atoms with E-state index in [2.05, 4.69) is 21.2 Å². The van der Waals surface area contributed by atoms with Crippen molar-refractivity contribution in [2.24, 2.45) is 0 Å². The van der Waals surface area contributed by atoms with Gasteiger partial charge in [0.05, 0.1) is 4.47 Å². The lowest BCUT2D eigenvalue weighted by molar-refractivity contribution is -0.166. The molecule has 0 aliphatic heterocycles. The minimum atomic E-state index is -4.40. The normalized spacial score (nSPS) is 17.9. The van der Waals surface area contributed by atoms with Crippen LogP contribution in [0.15, 0.2) is 16.6 Å². The Bertz CT molecular complexity index is 467. The molecule has 1 aliphatic rings. The van der Waals surface area contributed by atoms with Crippen molar-refractivity contribution in [2.45, 2.75) is 31.1 Å². The van der Waals surface area contributed by atoms with E-state index in [4.69, 9.17) is 0 Å². The fraction of sp³-hybridized carbons (Fsp3) is 0.455. The third-order valence-corrected chi connectivity index (χ3v) is 3.65. The maximum absolute atomic E-state index is 13.5. The zero-order valence-electron chi connectivity index (χ0n) is 9.04. The summed E-state index contributed by atoms with van der Waals surface area (Å²) in [7, 11) is 0. The average molecular weight is 330 g/mol. The molecule has 1 nitrogen and oxygen atoms in total. The number of alkyl halides is 3.